The molecule has 2 N–H and O–H groups in total. The quantitative estimate of drug-likeness (QED) is 0.0232. The number of thioether (sulfide) groups is 2. The van der Waals surface area contributed by atoms with E-state index in [0.29, 0.717) is 31.9 Å². The molecule has 0 unspecified atom stereocenters. The van der Waals surface area contributed by atoms with E-state index in [1.807, 2.05) is 23.5 Å². The Labute approximate surface area is 504 Å². The van der Waals surface area contributed by atoms with Crippen LogP contribution in [-0.4, -0.2) is 45.9 Å². The molecule has 6 rings (SSSR count). The predicted octanol–water partition coefficient (Wildman–Crippen LogP) is 22.9. The SMILES string of the molecule is CCCCSc1cc(CCCC)cc(-c2cc(C)cc(-c3cc(SCCCC)ccc3O[CH2][Ge]([CH2]Oc3ccc(CCCC)cc3-c3cc(C)cc(-c4cc(CCCC)cc(CCCC)c4)c3O)([CH](CC)CC)[CH](CC)CC)c2O)c1. The molecule has 0 saturated heterocycles. The fourth-order valence-electron chi connectivity index (χ4n) is 12.3. The summed E-state index contributed by atoms with van der Waals surface area (Å²) >= 11 is 0.496. The number of benzene rings is 6. The van der Waals surface area contributed by atoms with Gasteiger partial charge in [0.1, 0.15) is 0 Å². The Balaban J connectivity index is 1.48. The molecule has 81 heavy (non-hydrogen) atoms. The Morgan fingerprint density at radius 1 is 0.383 bits per heavy atom. The van der Waals surface area contributed by atoms with Crippen molar-refractivity contribution in [1.82, 2.24) is 0 Å². The van der Waals surface area contributed by atoms with E-state index in [4.69, 9.17) is 9.47 Å². The summed E-state index contributed by atoms with van der Waals surface area (Å²) in [5.74, 6) is 4.43. The van der Waals surface area contributed by atoms with Gasteiger partial charge in [-0.15, -0.1) is 0 Å². The third-order valence-corrected chi connectivity index (χ3v) is 32.4. The van der Waals surface area contributed by atoms with Crippen LogP contribution in [0.5, 0.6) is 23.0 Å². The molecule has 0 spiro atoms. The Morgan fingerprint density at radius 2 is 0.778 bits per heavy atom. The molecule has 0 radical (unpaired) electrons. The summed E-state index contributed by atoms with van der Waals surface area (Å²) in [6, 6.07) is 36.3. The van der Waals surface area contributed by atoms with Crippen molar-refractivity contribution in [3.05, 3.63) is 130 Å². The van der Waals surface area contributed by atoms with Crippen LogP contribution in [0.3, 0.4) is 0 Å². The van der Waals surface area contributed by atoms with Gasteiger partial charge in [-0.1, -0.05) is 53.4 Å². The van der Waals surface area contributed by atoms with Crippen LogP contribution in [0, 0.1) is 13.8 Å². The van der Waals surface area contributed by atoms with Gasteiger partial charge in [0, 0.05) is 0 Å². The van der Waals surface area contributed by atoms with Gasteiger partial charge in [0.2, 0.25) is 0 Å². The first-order valence-electron chi connectivity index (χ1n) is 32.1. The van der Waals surface area contributed by atoms with Crippen LogP contribution in [0.25, 0.3) is 44.5 Å². The van der Waals surface area contributed by atoms with Gasteiger partial charge >= 0.3 is 448 Å². The molecule has 0 heterocycles. The zero-order valence-electron chi connectivity index (χ0n) is 52.4. The molecular weight excluding hydrogens is 1090 g/mol. The van der Waals surface area contributed by atoms with Crippen molar-refractivity contribution in [3.8, 4) is 67.5 Å². The zero-order valence-corrected chi connectivity index (χ0v) is 56.1. The van der Waals surface area contributed by atoms with Crippen LogP contribution in [-0.2, 0) is 25.7 Å². The van der Waals surface area contributed by atoms with E-state index >= 15 is 0 Å². The van der Waals surface area contributed by atoms with Crippen molar-refractivity contribution in [3.63, 3.8) is 0 Å². The van der Waals surface area contributed by atoms with Gasteiger partial charge in [-0.3, -0.25) is 0 Å². The Bertz CT molecular complexity index is 2840. The predicted molar refractivity (Wildman–Crippen MR) is 359 cm³/mol. The number of hydrogen-bond donors (Lipinski definition) is 2. The molecule has 0 aliphatic heterocycles. The van der Waals surface area contributed by atoms with E-state index in [0.717, 1.165) is 194 Å². The Kier molecular flexibility index (Phi) is 27.6. The molecule has 0 amide bonds. The number of phenolic OH excluding ortho intramolecular Hbond substituents is 2. The first kappa shape index (κ1) is 65.9. The number of hydrogen-bond acceptors (Lipinski definition) is 6. The van der Waals surface area contributed by atoms with E-state index in [-0.39, 0.29) is 0 Å². The zero-order chi connectivity index (χ0) is 58.3. The first-order valence-corrected chi connectivity index (χ1v) is 39.4. The standard InChI is InChI=1S/C74H104GeO4S2/c1-13-23-29-55-33-35-71(67(48-55)69-41-53(11)39-65(73(69)76)59-44-56(30-24-14-2)43-57(45-59)31-25-15-3)78-51-75(61(19-7)20-8,62(21-9)22-10)52-79-72-36-34-63(80-37-27-17-5)50-68(72)70-42-54(12)40-66(74(70)77)60-46-58(32-26-16-4)47-64(49-60)81-38-28-18-6/h33-36,39-50,61-62,76-77H,13-32,37-38,51-52H2,1-12H3. The second kappa shape index (κ2) is 33.9. The Hall–Kier alpha value is -4.24. The number of rotatable bonds is 36. The normalized spacial score (nSPS) is 11.8. The van der Waals surface area contributed by atoms with Crippen molar-refractivity contribution in [2.24, 2.45) is 0 Å². The van der Waals surface area contributed by atoms with Crippen LogP contribution in [0.15, 0.2) is 107 Å². The molecular formula is C74H104GeO4S2. The van der Waals surface area contributed by atoms with E-state index < -0.39 is 13.3 Å². The fourth-order valence-corrected chi connectivity index (χ4v) is 26.6. The van der Waals surface area contributed by atoms with Gasteiger partial charge in [-0.25, -0.2) is 0 Å². The molecule has 0 saturated carbocycles. The molecule has 0 fully saturated rings. The van der Waals surface area contributed by atoms with Crippen molar-refractivity contribution in [1.29, 1.82) is 0 Å². The number of aryl methyl sites for hydroxylation is 6. The average molecular weight is 1190 g/mol. The molecule has 6 aromatic carbocycles. The third-order valence-electron chi connectivity index (χ3n) is 17.1. The van der Waals surface area contributed by atoms with Gasteiger partial charge in [0.05, 0.1) is 0 Å². The second-order valence-corrected chi connectivity index (χ2v) is 35.6. The summed E-state index contributed by atoms with van der Waals surface area (Å²) in [4.78, 5) is 2.47. The molecule has 440 valence electrons. The second-order valence-electron chi connectivity index (χ2n) is 23.5. The summed E-state index contributed by atoms with van der Waals surface area (Å²) in [6.07, 6.45) is 22.1. The maximum absolute atomic E-state index is 12.8. The minimum atomic E-state index is -3.33. The monoisotopic (exact) mass is 1190 g/mol. The van der Waals surface area contributed by atoms with E-state index in [1.165, 1.54) is 44.9 Å². The van der Waals surface area contributed by atoms with E-state index in [9.17, 15) is 10.2 Å². The van der Waals surface area contributed by atoms with Crippen LogP contribution >= 0.6 is 23.5 Å². The van der Waals surface area contributed by atoms with Gasteiger partial charge in [0.15, 0.2) is 0 Å². The minimum absolute atomic E-state index is 0.313. The summed E-state index contributed by atoms with van der Waals surface area (Å²) in [7, 11) is 0. The van der Waals surface area contributed by atoms with Crippen LogP contribution in [0.2, 0.25) is 9.50 Å². The summed E-state index contributed by atoms with van der Waals surface area (Å²) < 4.78 is 16.1. The van der Waals surface area contributed by atoms with Gasteiger partial charge in [-0.05, 0) is 6.42 Å². The van der Waals surface area contributed by atoms with Crippen molar-refractivity contribution < 1.29 is 19.7 Å². The first-order chi connectivity index (χ1) is 39.3. The van der Waals surface area contributed by atoms with E-state index in [1.54, 1.807) is 0 Å². The van der Waals surface area contributed by atoms with Crippen LogP contribution in [0.1, 0.15) is 205 Å². The number of aromatic hydroxyl groups is 2. The summed E-state index contributed by atoms with van der Waals surface area (Å²) in [6.45, 7) is 27.4. The van der Waals surface area contributed by atoms with Crippen molar-refractivity contribution in [2.75, 3.05) is 22.4 Å². The topological polar surface area (TPSA) is 58.9 Å². The van der Waals surface area contributed by atoms with Crippen molar-refractivity contribution in [2.45, 2.75) is 231 Å². The average Bonchev–Trinajstić information content (AvgIpc) is 3.51. The van der Waals surface area contributed by atoms with Gasteiger partial charge in [0.25, 0.3) is 0 Å². The maximum atomic E-state index is 12.8. The molecule has 0 atom stereocenters. The summed E-state index contributed by atoms with van der Waals surface area (Å²) in [5.41, 5.74) is 16.4. The van der Waals surface area contributed by atoms with E-state index in [2.05, 4.69) is 180 Å². The van der Waals surface area contributed by atoms with Crippen molar-refractivity contribution >= 4 is 36.8 Å². The molecule has 4 nitrogen and oxygen atoms in total. The molecule has 0 aliphatic rings. The third kappa shape index (κ3) is 17.9. The van der Waals surface area contributed by atoms with Gasteiger partial charge < -0.3 is 0 Å². The molecule has 7 heteroatoms. The Morgan fingerprint density at radius 3 is 1.23 bits per heavy atom. The molecule has 0 aromatic heterocycles. The molecule has 0 aliphatic carbocycles. The fraction of sp³-hybridized carbons (Fsp3) is 0.514. The number of phenols is 2. The van der Waals surface area contributed by atoms with Crippen LogP contribution in [0.4, 0.5) is 0 Å². The van der Waals surface area contributed by atoms with Crippen LogP contribution < -0.4 is 9.47 Å². The molecule has 0 bridgehead atoms. The number of ether oxygens (including phenoxy) is 2. The van der Waals surface area contributed by atoms with Gasteiger partial charge in [-0.2, -0.15) is 0 Å². The summed E-state index contributed by atoms with van der Waals surface area (Å²) in [5, 5.41) is 25.5. The number of unbranched alkanes of at least 4 members (excludes halogenated alkanes) is 6. The molecule has 6 aromatic rings.